The smallest absolute Gasteiger partial charge is 0.318 e. The van der Waals surface area contributed by atoms with E-state index in [-0.39, 0.29) is 10.9 Å². The summed E-state index contributed by atoms with van der Waals surface area (Å²) in [5, 5.41) is 10.9. The van der Waals surface area contributed by atoms with Crippen LogP contribution in [0.4, 0.5) is 4.79 Å². The van der Waals surface area contributed by atoms with Crippen molar-refractivity contribution >= 4 is 33.7 Å². The van der Waals surface area contributed by atoms with Crippen LogP contribution in [0.25, 0.3) is 6.08 Å². The summed E-state index contributed by atoms with van der Waals surface area (Å²) in [7, 11) is -3.69. The highest BCUT2D eigenvalue weighted by Gasteiger charge is 2.06. The number of halogens is 1. The number of carbonyl (C=O) groups excluding carboxylic acids is 1. The van der Waals surface area contributed by atoms with Gasteiger partial charge in [-0.3, -0.25) is 0 Å². The number of sulfonamides is 1. The maximum Gasteiger partial charge on any atom is 0.318 e. The fraction of sp³-hybridized carbons (Fsp3) is 0.118. The van der Waals surface area contributed by atoms with Gasteiger partial charge in [-0.2, -0.15) is 0 Å². The molecule has 2 aromatic carbocycles. The average Bonchev–Trinajstić information content (AvgIpc) is 2.56. The minimum absolute atomic E-state index is 0.0617. The van der Waals surface area contributed by atoms with E-state index < -0.39 is 10.0 Å². The quantitative estimate of drug-likeness (QED) is 0.718. The van der Waals surface area contributed by atoms with Gasteiger partial charge < -0.3 is 10.6 Å². The molecule has 8 heteroatoms. The van der Waals surface area contributed by atoms with Gasteiger partial charge in [-0.05, 0) is 41.8 Å². The molecule has 0 aromatic heterocycles. The number of nitrogens with two attached hydrogens (primary N) is 1. The van der Waals surface area contributed by atoms with Crippen LogP contribution in [0, 0.1) is 0 Å². The number of amides is 2. The van der Waals surface area contributed by atoms with Crippen LogP contribution in [0.1, 0.15) is 11.1 Å². The number of rotatable bonds is 6. The SMILES string of the molecule is NS(=O)(=O)c1ccc(CCNC(=O)N/C=C/c2ccccc2Cl)cc1. The Morgan fingerprint density at radius 2 is 1.80 bits per heavy atom. The van der Waals surface area contributed by atoms with Crippen molar-refractivity contribution < 1.29 is 13.2 Å². The Bertz CT molecular complexity index is 865. The van der Waals surface area contributed by atoms with Crippen molar-refractivity contribution in [2.24, 2.45) is 5.14 Å². The van der Waals surface area contributed by atoms with E-state index in [1.54, 1.807) is 24.3 Å². The lowest BCUT2D eigenvalue weighted by atomic mass is 10.1. The number of nitrogens with one attached hydrogen (secondary N) is 2. The fourth-order valence-electron chi connectivity index (χ4n) is 2.03. The molecule has 0 unspecified atom stereocenters. The first-order valence-corrected chi connectivity index (χ1v) is 9.36. The first-order chi connectivity index (χ1) is 11.9. The Hall–Kier alpha value is -2.35. The lowest BCUT2D eigenvalue weighted by Gasteiger charge is -2.06. The maximum absolute atomic E-state index is 11.7. The van der Waals surface area contributed by atoms with Gasteiger partial charge in [-0.1, -0.05) is 41.9 Å². The summed E-state index contributed by atoms with van der Waals surface area (Å²) in [6.07, 6.45) is 3.78. The molecule has 0 bridgehead atoms. The highest BCUT2D eigenvalue weighted by Crippen LogP contribution is 2.15. The van der Waals surface area contributed by atoms with E-state index >= 15 is 0 Å². The molecule has 2 amide bonds. The summed E-state index contributed by atoms with van der Waals surface area (Å²) < 4.78 is 22.3. The summed E-state index contributed by atoms with van der Waals surface area (Å²) in [5.74, 6) is 0. The molecule has 25 heavy (non-hydrogen) atoms. The summed E-state index contributed by atoms with van der Waals surface area (Å²) in [4.78, 5) is 11.8. The van der Waals surface area contributed by atoms with Crippen LogP contribution < -0.4 is 15.8 Å². The van der Waals surface area contributed by atoms with Crippen LogP contribution in [0.3, 0.4) is 0 Å². The second kappa shape index (κ2) is 8.66. The number of urea groups is 1. The highest BCUT2D eigenvalue weighted by atomic mass is 35.5. The third-order valence-electron chi connectivity index (χ3n) is 3.33. The van der Waals surface area contributed by atoms with E-state index in [0.717, 1.165) is 11.1 Å². The Kier molecular flexibility index (Phi) is 6.58. The molecule has 0 aliphatic heterocycles. The molecule has 0 aliphatic rings. The van der Waals surface area contributed by atoms with E-state index in [1.807, 2.05) is 18.2 Å². The zero-order chi connectivity index (χ0) is 18.3. The molecule has 0 saturated heterocycles. The zero-order valence-electron chi connectivity index (χ0n) is 13.3. The van der Waals surface area contributed by atoms with E-state index in [0.29, 0.717) is 18.0 Å². The van der Waals surface area contributed by atoms with E-state index in [9.17, 15) is 13.2 Å². The highest BCUT2D eigenvalue weighted by molar-refractivity contribution is 7.89. The molecule has 132 valence electrons. The summed E-state index contributed by atoms with van der Waals surface area (Å²) in [6.45, 7) is 0.403. The molecule has 0 aliphatic carbocycles. The largest absolute Gasteiger partial charge is 0.338 e. The van der Waals surface area contributed by atoms with Crippen LogP contribution in [0.5, 0.6) is 0 Å². The van der Waals surface area contributed by atoms with Gasteiger partial charge in [0.05, 0.1) is 4.90 Å². The fourth-order valence-corrected chi connectivity index (χ4v) is 2.75. The van der Waals surface area contributed by atoms with Gasteiger partial charge in [0.25, 0.3) is 0 Å². The van der Waals surface area contributed by atoms with Crippen LogP contribution in [0.15, 0.2) is 59.6 Å². The maximum atomic E-state index is 11.7. The van der Waals surface area contributed by atoms with Crippen molar-refractivity contribution in [1.82, 2.24) is 10.6 Å². The molecule has 2 rings (SSSR count). The monoisotopic (exact) mass is 379 g/mol. The summed E-state index contributed by atoms with van der Waals surface area (Å²) >= 11 is 6.01. The second-order valence-electron chi connectivity index (χ2n) is 5.19. The van der Waals surface area contributed by atoms with Gasteiger partial charge >= 0.3 is 6.03 Å². The predicted molar refractivity (Wildman–Crippen MR) is 98.5 cm³/mol. The van der Waals surface area contributed by atoms with Gasteiger partial charge in [0.1, 0.15) is 0 Å². The van der Waals surface area contributed by atoms with E-state index in [2.05, 4.69) is 10.6 Å². The van der Waals surface area contributed by atoms with Crippen molar-refractivity contribution in [3.05, 3.63) is 70.9 Å². The van der Waals surface area contributed by atoms with Crippen molar-refractivity contribution in [3.8, 4) is 0 Å². The van der Waals surface area contributed by atoms with E-state index in [1.165, 1.54) is 18.3 Å². The molecule has 4 N–H and O–H groups in total. The molecule has 6 nitrogen and oxygen atoms in total. The molecule has 0 heterocycles. The van der Waals surface area contributed by atoms with Crippen LogP contribution in [-0.2, 0) is 16.4 Å². The first-order valence-electron chi connectivity index (χ1n) is 7.43. The average molecular weight is 380 g/mol. The van der Waals surface area contributed by atoms with Crippen molar-refractivity contribution in [3.63, 3.8) is 0 Å². The van der Waals surface area contributed by atoms with Crippen LogP contribution in [0.2, 0.25) is 5.02 Å². The molecule has 0 saturated carbocycles. The number of hydrogen-bond donors (Lipinski definition) is 3. The number of benzene rings is 2. The predicted octanol–water partition coefficient (Wildman–Crippen LogP) is 2.50. The van der Waals surface area contributed by atoms with Crippen molar-refractivity contribution in [2.45, 2.75) is 11.3 Å². The number of primary sulfonamides is 1. The molecular formula is C17H18ClN3O3S. The lowest BCUT2D eigenvalue weighted by molar-refractivity contribution is 0.244. The zero-order valence-corrected chi connectivity index (χ0v) is 14.8. The third-order valence-corrected chi connectivity index (χ3v) is 4.61. The van der Waals surface area contributed by atoms with E-state index in [4.69, 9.17) is 16.7 Å². The molecule has 0 atom stereocenters. The molecule has 0 fully saturated rings. The second-order valence-corrected chi connectivity index (χ2v) is 7.16. The minimum Gasteiger partial charge on any atom is -0.338 e. The summed E-state index contributed by atoms with van der Waals surface area (Å²) in [5.41, 5.74) is 1.69. The molecule has 0 spiro atoms. The van der Waals surface area contributed by atoms with Gasteiger partial charge in [0, 0.05) is 17.8 Å². The van der Waals surface area contributed by atoms with Crippen LogP contribution in [-0.4, -0.2) is 21.0 Å². The van der Waals surface area contributed by atoms with Crippen LogP contribution >= 0.6 is 11.6 Å². The number of carbonyl (C=O) groups is 1. The Labute approximate surface area is 151 Å². The minimum atomic E-state index is -3.69. The van der Waals surface area contributed by atoms with Gasteiger partial charge in [-0.15, -0.1) is 0 Å². The Balaban J connectivity index is 1.76. The van der Waals surface area contributed by atoms with Crippen molar-refractivity contribution in [1.29, 1.82) is 0 Å². The Morgan fingerprint density at radius 1 is 1.12 bits per heavy atom. The molecular weight excluding hydrogens is 362 g/mol. The lowest BCUT2D eigenvalue weighted by Crippen LogP contribution is -2.33. The van der Waals surface area contributed by atoms with Gasteiger partial charge in [-0.25, -0.2) is 18.4 Å². The number of hydrogen-bond acceptors (Lipinski definition) is 3. The van der Waals surface area contributed by atoms with Crippen molar-refractivity contribution in [2.75, 3.05) is 6.54 Å². The van der Waals surface area contributed by atoms with Gasteiger partial charge in [0.2, 0.25) is 10.0 Å². The normalized spacial score (nSPS) is 11.4. The van der Waals surface area contributed by atoms with Gasteiger partial charge in [0.15, 0.2) is 0 Å². The summed E-state index contributed by atoms with van der Waals surface area (Å²) in [6, 6.07) is 13.2. The first kappa shape index (κ1) is 19.0. The molecule has 0 radical (unpaired) electrons. The Morgan fingerprint density at radius 3 is 2.44 bits per heavy atom. The third kappa shape index (κ3) is 6.22. The molecule has 2 aromatic rings. The topological polar surface area (TPSA) is 101 Å². The standard InChI is InChI=1S/C17H18ClN3O3S/c18-16-4-2-1-3-14(16)10-12-21-17(22)20-11-9-13-5-7-15(8-6-13)25(19,23)24/h1-8,10,12H,9,11H2,(H2,19,23,24)(H2,20,21,22)/b12-10+.